The second kappa shape index (κ2) is 10.6. The molecule has 1 aromatic carbocycles. The van der Waals surface area contributed by atoms with Crippen LogP contribution in [0.4, 0.5) is 5.69 Å². The number of benzene rings is 1. The van der Waals surface area contributed by atoms with E-state index >= 15 is 0 Å². The summed E-state index contributed by atoms with van der Waals surface area (Å²) >= 11 is 6.13. The van der Waals surface area contributed by atoms with Gasteiger partial charge in [0.1, 0.15) is 0 Å². The molecule has 0 radical (unpaired) electrons. The third kappa shape index (κ3) is 6.51. The van der Waals surface area contributed by atoms with E-state index in [2.05, 4.69) is 46.9 Å². The Hall–Kier alpha value is -0.980. The van der Waals surface area contributed by atoms with E-state index in [1.54, 1.807) is 0 Å². The van der Waals surface area contributed by atoms with Crippen LogP contribution in [-0.2, 0) is 5.54 Å². The summed E-state index contributed by atoms with van der Waals surface area (Å²) in [6, 6.07) is 5.91. The molecule has 3 rings (SSSR count). The van der Waals surface area contributed by atoms with E-state index in [1.165, 1.54) is 45.6 Å². The van der Waals surface area contributed by atoms with E-state index in [0.717, 1.165) is 48.6 Å². The molecule has 0 amide bonds. The minimum atomic E-state index is -0.317. The molecule has 1 saturated heterocycles. The Bertz CT molecular complexity index is 712. The second-order valence-electron chi connectivity index (χ2n) is 9.64. The lowest BCUT2D eigenvalue weighted by Gasteiger charge is -2.36. The number of rotatable bonds is 10. The maximum atomic E-state index is 6.80. The van der Waals surface area contributed by atoms with Crippen LogP contribution in [0.1, 0.15) is 58.4 Å². The van der Waals surface area contributed by atoms with Crippen molar-refractivity contribution in [3.05, 3.63) is 28.8 Å². The third-order valence-electron chi connectivity index (χ3n) is 6.88. The van der Waals surface area contributed by atoms with Gasteiger partial charge in [-0.05, 0) is 76.9 Å². The van der Waals surface area contributed by atoms with Gasteiger partial charge in [0.15, 0.2) is 0 Å². The quantitative estimate of drug-likeness (QED) is 0.544. The summed E-state index contributed by atoms with van der Waals surface area (Å²) in [5.74, 6) is 0. The van der Waals surface area contributed by atoms with Crippen LogP contribution in [0.3, 0.4) is 0 Å². The zero-order valence-electron chi connectivity index (χ0n) is 19.1. The highest BCUT2D eigenvalue weighted by molar-refractivity contribution is 6.30. The van der Waals surface area contributed by atoms with E-state index in [0.29, 0.717) is 0 Å². The molecule has 2 heterocycles. The van der Waals surface area contributed by atoms with Crippen molar-refractivity contribution in [2.75, 3.05) is 45.8 Å². The summed E-state index contributed by atoms with van der Waals surface area (Å²) in [5, 5.41) is 4.38. The fourth-order valence-corrected chi connectivity index (χ4v) is 4.56. The molecule has 0 spiro atoms. The summed E-state index contributed by atoms with van der Waals surface area (Å²) in [7, 11) is 0. The van der Waals surface area contributed by atoms with Crippen LogP contribution in [0, 0.1) is 0 Å². The molecule has 2 aliphatic rings. The smallest absolute Gasteiger partial charge is 0.0691 e. The maximum absolute atomic E-state index is 6.80. The standard InChI is InChI=1S/C24H40ClN5/c1-4-23(2,3)28-11-6-14-30-17-15-29(16-18-30)13-5-9-24(26)10-12-27-22-19-20(25)7-8-21(22)24/h7-8,12,19,28H,4-6,9-11,13-18,26H2,1-3H3. The Kier molecular flexibility index (Phi) is 8.33. The van der Waals surface area contributed by atoms with Crippen molar-refractivity contribution >= 4 is 23.5 Å². The predicted molar refractivity (Wildman–Crippen MR) is 129 cm³/mol. The van der Waals surface area contributed by atoms with Crippen LogP contribution in [-0.4, -0.2) is 67.4 Å². The number of nitrogens with zero attached hydrogens (tertiary/aromatic N) is 3. The van der Waals surface area contributed by atoms with E-state index in [9.17, 15) is 0 Å². The molecule has 1 atom stereocenters. The van der Waals surface area contributed by atoms with Gasteiger partial charge >= 0.3 is 0 Å². The van der Waals surface area contributed by atoms with E-state index < -0.39 is 0 Å². The molecule has 1 unspecified atom stereocenters. The Morgan fingerprint density at radius 1 is 1.13 bits per heavy atom. The van der Waals surface area contributed by atoms with Gasteiger partial charge in [-0.25, -0.2) is 0 Å². The minimum absolute atomic E-state index is 0.260. The number of aliphatic imine (C=N–C) groups is 1. The van der Waals surface area contributed by atoms with Gasteiger partial charge in [-0.15, -0.1) is 0 Å². The Morgan fingerprint density at radius 2 is 1.80 bits per heavy atom. The number of piperazine rings is 1. The lowest BCUT2D eigenvalue weighted by atomic mass is 9.81. The van der Waals surface area contributed by atoms with Crippen molar-refractivity contribution in [2.24, 2.45) is 10.7 Å². The van der Waals surface area contributed by atoms with Crippen molar-refractivity contribution in [3.63, 3.8) is 0 Å². The number of nitrogens with one attached hydrogen (secondary N) is 1. The molecule has 1 fully saturated rings. The molecule has 0 bridgehead atoms. The van der Waals surface area contributed by atoms with Crippen LogP contribution in [0.15, 0.2) is 23.2 Å². The minimum Gasteiger partial charge on any atom is -0.321 e. The topological polar surface area (TPSA) is 56.9 Å². The zero-order chi connectivity index (χ0) is 21.6. The van der Waals surface area contributed by atoms with Gasteiger partial charge in [-0.3, -0.25) is 4.99 Å². The normalized spacial score (nSPS) is 23.0. The first kappa shape index (κ1) is 23.7. The molecule has 1 aromatic rings. The van der Waals surface area contributed by atoms with Gasteiger partial charge in [-0.1, -0.05) is 24.6 Å². The maximum Gasteiger partial charge on any atom is 0.0691 e. The number of fused-ring (bicyclic) bond motifs is 1. The SMILES string of the molecule is CCC(C)(C)NCCCN1CCN(CCCC2(N)CC=Nc3cc(Cl)ccc32)CC1. The number of hydrogen-bond donors (Lipinski definition) is 2. The van der Waals surface area contributed by atoms with Crippen LogP contribution in [0.25, 0.3) is 0 Å². The van der Waals surface area contributed by atoms with Gasteiger partial charge in [0.25, 0.3) is 0 Å². The van der Waals surface area contributed by atoms with Crippen molar-refractivity contribution in [1.29, 1.82) is 0 Å². The van der Waals surface area contributed by atoms with Crippen LogP contribution in [0.2, 0.25) is 5.02 Å². The number of nitrogens with two attached hydrogens (primary N) is 1. The fourth-order valence-electron chi connectivity index (χ4n) is 4.40. The lowest BCUT2D eigenvalue weighted by Crippen LogP contribution is -2.48. The average Bonchev–Trinajstić information content (AvgIpc) is 2.72. The highest BCUT2D eigenvalue weighted by atomic mass is 35.5. The van der Waals surface area contributed by atoms with Crippen LogP contribution >= 0.6 is 11.6 Å². The van der Waals surface area contributed by atoms with Crippen molar-refractivity contribution in [3.8, 4) is 0 Å². The fraction of sp³-hybridized carbons (Fsp3) is 0.708. The third-order valence-corrected chi connectivity index (χ3v) is 7.12. The van der Waals surface area contributed by atoms with E-state index in [1.807, 2.05) is 18.3 Å². The predicted octanol–water partition coefficient (Wildman–Crippen LogP) is 4.17. The number of halogens is 1. The number of hydrogen-bond acceptors (Lipinski definition) is 5. The van der Waals surface area contributed by atoms with Gasteiger partial charge in [0, 0.05) is 54.9 Å². The Balaban J connectivity index is 1.35. The molecule has 6 heteroatoms. The van der Waals surface area contributed by atoms with Crippen molar-refractivity contribution < 1.29 is 0 Å². The Labute approximate surface area is 188 Å². The highest BCUT2D eigenvalue weighted by Crippen LogP contribution is 2.38. The molecule has 3 N–H and O–H groups in total. The monoisotopic (exact) mass is 433 g/mol. The first-order chi connectivity index (χ1) is 14.3. The molecule has 0 saturated carbocycles. The molecule has 168 valence electrons. The molecule has 2 aliphatic heterocycles. The molecule has 0 aliphatic carbocycles. The highest BCUT2D eigenvalue weighted by Gasteiger charge is 2.31. The van der Waals surface area contributed by atoms with Crippen molar-refractivity contribution in [1.82, 2.24) is 15.1 Å². The molecule has 0 aromatic heterocycles. The summed E-state index contributed by atoms with van der Waals surface area (Å²) in [6.45, 7) is 14.9. The lowest BCUT2D eigenvalue weighted by molar-refractivity contribution is 0.127. The summed E-state index contributed by atoms with van der Waals surface area (Å²) in [5.41, 5.74) is 8.81. The van der Waals surface area contributed by atoms with Gasteiger partial charge in [-0.2, -0.15) is 0 Å². The second-order valence-corrected chi connectivity index (χ2v) is 10.1. The Morgan fingerprint density at radius 3 is 2.47 bits per heavy atom. The van der Waals surface area contributed by atoms with Gasteiger partial charge < -0.3 is 20.9 Å². The zero-order valence-corrected chi connectivity index (χ0v) is 19.8. The molecule has 5 nitrogen and oxygen atoms in total. The summed E-state index contributed by atoms with van der Waals surface area (Å²) in [4.78, 5) is 9.70. The van der Waals surface area contributed by atoms with Gasteiger partial charge in [0.2, 0.25) is 0 Å². The van der Waals surface area contributed by atoms with E-state index in [4.69, 9.17) is 17.3 Å². The summed E-state index contributed by atoms with van der Waals surface area (Å²) in [6.07, 6.45) is 7.24. The summed E-state index contributed by atoms with van der Waals surface area (Å²) < 4.78 is 0. The van der Waals surface area contributed by atoms with Gasteiger partial charge in [0.05, 0.1) is 5.69 Å². The first-order valence-corrected chi connectivity index (χ1v) is 12.0. The molecule has 30 heavy (non-hydrogen) atoms. The first-order valence-electron chi connectivity index (χ1n) is 11.6. The van der Waals surface area contributed by atoms with Crippen LogP contribution < -0.4 is 11.1 Å². The van der Waals surface area contributed by atoms with Crippen molar-refractivity contribution in [2.45, 2.75) is 64.0 Å². The largest absolute Gasteiger partial charge is 0.321 e. The van der Waals surface area contributed by atoms with E-state index in [-0.39, 0.29) is 11.1 Å². The van der Waals surface area contributed by atoms with Crippen LogP contribution in [0.5, 0.6) is 0 Å². The molecular weight excluding hydrogens is 394 g/mol. The average molecular weight is 434 g/mol. The molecular formula is C24H40ClN5.